The van der Waals surface area contributed by atoms with E-state index < -0.39 is 5.91 Å². The summed E-state index contributed by atoms with van der Waals surface area (Å²) in [6.07, 6.45) is 1.79. The zero-order valence-corrected chi connectivity index (χ0v) is 10.8. The average molecular weight is 266 g/mol. The zero-order chi connectivity index (χ0) is 13.9. The maximum Gasteiger partial charge on any atom is 0.250 e. The summed E-state index contributed by atoms with van der Waals surface area (Å²) in [5.74, 6) is -0.433. The topological polar surface area (TPSA) is 83.8 Å². The van der Waals surface area contributed by atoms with E-state index in [1.165, 1.54) is 0 Å². The highest BCUT2D eigenvalue weighted by atomic mass is 16.1. The minimum absolute atomic E-state index is 0.433. The van der Waals surface area contributed by atoms with E-state index in [4.69, 9.17) is 5.73 Å². The van der Waals surface area contributed by atoms with Crippen molar-refractivity contribution in [2.45, 2.75) is 6.54 Å². The molecule has 0 fully saturated rings. The molecule has 0 unspecified atom stereocenters. The fraction of sp³-hybridized carbons (Fsp3) is 0.0667. The Morgan fingerprint density at radius 1 is 1.25 bits per heavy atom. The number of nitrogens with zero attached hydrogens (tertiary/aromatic N) is 1. The number of carbonyl (C=O) groups excluding carboxylic acids is 1. The molecule has 0 bridgehead atoms. The van der Waals surface area contributed by atoms with E-state index in [1.54, 1.807) is 18.3 Å². The van der Waals surface area contributed by atoms with Gasteiger partial charge in [-0.3, -0.25) is 9.89 Å². The average Bonchev–Trinajstić information content (AvgIpc) is 2.92. The number of nitrogens with one attached hydrogen (secondary N) is 2. The molecule has 3 aromatic rings. The summed E-state index contributed by atoms with van der Waals surface area (Å²) < 4.78 is 0. The molecular weight excluding hydrogens is 252 g/mol. The molecule has 1 amide bonds. The van der Waals surface area contributed by atoms with Gasteiger partial charge in [0, 0.05) is 17.6 Å². The molecule has 3 rings (SSSR count). The standard InChI is InChI=1S/C15H14N4O/c16-15(20)12-3-1-2-4-13(12)17-8-10-5-6-11-9-18-19-14(11)7-10/h1-7,9,17H,8H2,(H2,16,20)(H,18,19). The summed E-state index contributed by atoms with van der Waals surface area (Å²) in [5.41, 5.74) is 8.68. The Kier molecular flexibility index (Phi) is 3.09. The van der Waals surface area contributed by atoms with Crippen LogP contribution in [0, 0.1) is 0 Å². The van der Waals surface area contributed by atoms with Crippen molar-refractivity contribution in [3.05, 3.63) is 59.8 Å². The molecule has 0 aliphatic rings. The summed E-state index contributed by atoms with van der Waals surface area (Å²) in [5, 5.41) is 11.2. The molecule has 5 heteroatoms. The van der Waals surface area contributed by atoms with E-state index in [9.17, 15) is 4.79 Å². The third-order valence-electron chi connectivity index (χ3n) is 3.18. The number of hydrogen-bond donors (Lipinski definition) is 3. The third-order valence-corrected chi connectivity index (χ3v) is 3.18. The molecule has 100 valence electrons. The van der Waals surface area contributed by atoms with Gasteiger partial charge in [0.2, 0.25) is 0 Å². The lowest BCUT2D eigenvalue weighted by Gasteiger charge is -2.10. The van der Waals surface area contributed by atoms with Crippen LogP contribution in [-0.2, 0) is 6.54 Å². The van der Waals surface area contributed by atoms with E-state index in [-0.39, 0.29) is 0 Å². The number of H-pyrrole nitrogens is 1. The third kappa shape index (κ3) is 2.33. The van der Waals surface area contributed by atoms with Gasteiger partial charge in [-0.25, -0.2) is 0 Å². The number of hydrogen-bond acceptors (Lipinski definition) is 3. The second-order valence-corrected chi connectivity index (χ2v) is 4.55. The van der Waals surface area contributed by atoms with Gasteiger partial charge in [0.05, 0.1) is 17.3 Å². The van der Waals surface area contributed by atoms with Crippen LogP contribution >= 0.6 is 0 Å². The summed E-state index contributed by atoms with van der Waals surface area (Å²) in [4.78, 5) is 11.3. The molecule has 4 N–H and O–H groups in total. The Hall–Kier alpha value is -2.82. The summed E-state index contributed by atoms with van der Waals surface area (Å²) >= 11 is 0. The molecule has 0 radical (unpaired) electrons. The van der Waals surface area contributed by atoms with Gasteiger partial charge < -0.3 is 11.1 Å². The molecule has 0 saturated carbocycles. The van der Waals surface area contributed by atoms with Crippen molar-refractivity contribution < 1.29 is 4.79 Å². The predicted octanol–water partition coefficient (Wildman–Crippen LogP) is 2.27. The number of amides is 1. The van der Waals surface area contributed by atoms with E-state index in [0.29, 0.717) is 12.1 Å². The van der Waals surface area contributed by atoms with Crippen LogP contribution in [0.25, 0.3) is 10.9 Å². The lowest BCUT2D eigenvalue weighted by atomic mass is 10.1. The first-order valence-electron chi connectivity index (χ1n) is 6.29. The van der Waals surface area contributed by atoms with Crippen LogP contribution < -0.4 is 11.1 Å². The minimum Gasteiger partial charge on any atom is -0.380 e. The monoisotopic (exact) mass is 266 g/mol. The van der Waals surface area contributed by atoms with Gasteiger partial charge in [0.1, 0.15) is 0 Å². The molecular formula is C15H14N4O. The van der Waals surface area contributed by atoms with Gasteiger partial charge in [0.15, 0.2) is 0 Å². The first-order chi connectivity index (χ1) is 9.74. The van der Waals surface area contributed by atoms with Crippen LogP contribution in [-0.4, -0.2) is 16.1 Å². The van der Waals surface area contributed by atoms with Gasteiger partial charge in [-0.1, -0.05) is 24.3 Å². The van der Waals surface area contributed by atoms with Crippen LogP contribution in [0.2, 0.25) is 0 Å². The van der Waals surface area contributed by atoms with E-state index >= 15 is 0 Å². The summed E-state index contributed by atoms with van der Waals surface area (Å²) in [6, 6.07) is 13.3. The van der Waals surface area contributed by atoms with Gasteiger partial charge >= 0.3 is 0 Å². The van der Waals surface area contributed by atoms with Crippen LogP contribution in [0.4, 0.5) is 5.69 Å². The van der Waals surface area contributed by atoms with Crippen molar-refractivity contribution in [1.82, 2.24) is 10.2 Å². The minimum atomic E-state index is -0.433. The van der Waals surface area contributed by atoms with Gasteiger partial charge in [-0.2, -0.15) is 5.10 Å². The molecule has 20 heavy (non-hydrogen) atoms. The zero-order valence-electron chi connectivity index (χ0n) is 10.8. The number of nitrogens with two attached hydrogens (primary N) is 1. The number of aromatic amines is 1. The van der Waals surface area contributed by atoms with Gasteiger partial charge in [-0.05, 0) is 23.8 Å². The molecule has 0 aliphatic heterocycles. The largest absolute Gasteiger partial charge is 0.380 e. The van der Waals surface area contributed by atoms with Crippen molar-refractivity contribution in [2.24, 2.45) is 5.73 Å². The lowest BCUT2D eigenvalue weighted by Crippen LogP contribution is -2.14. The predicted molar refractivity (Wildman–Crippen MR) is 78.4 cm³/mol. The molecule has 0 aliphatic carbocycles. The van der Waals surface area contributed by atoms with E-state index in [0.717, 1.165) is 22.2 Å². The maximum absolute atomic E-state index is 11.3. The highest BCUT2D eigenvalue weighted by Crippen LogP contribution is 2.17. The fourth-order valence-electron chi connectivity index (χ4n) is 2.14. The number of para-hydroxylation sites is 1. The first-order valence-corrected chi connectivity index (χ1v) is 6.29. The Balaban J connectivity index is 1.80. The Morgan fingerprint density at radius 3 is 2.95 bits per heavy atom. The number of fused-ring (bicyclic) bond motifs is 1. The van der Waals surface area contributed by atoms with Crippen LogP contribution in [0.1, 0.15) is 15.9 Å². The van der Waals surface area contributed by atoms with Crippen LogP contribution in [0.3, 0.4) is 0 Å². The number of primary amides is 1. The number of anilines is 1. The molecule has 2 aromatic carbocycles. The second-order valence-electron chi connectivity index (χ2n) is 4.55. The SMILES string of the molecule is NC(=O)c1ccccc1NCc1ccc2cn[nH]c2c1. The van der Waals surface area contributed by atoms with Crippen molar-refractivity contribution in [2.75, 3.05) is 5.32 Å². The molecule has 0 spiro atoms. The quantitative estimate of drug-likeness (QED) is 0.677. The molecule has 1 heterocycles. The molecule has 0 saturated heterocycles. The Bertz CT molecular complexity index is 763. The maximum atomic E-state index is 11.3. The highest BCUT2D eigenvalue weighted by Gasteiger charge is 2.06. The molecule has 5 nitrogen and oxygen atoms in total. The number of aromatic nitrogens is 2. The smallest absolute Gasteiger partial charge is 0.250 e. The number of rotatable bonds is 4. The van der Waals surface area contributed by atoms with Gasteiger partial charge in [0.25, 0.3) is 5.91 Å². The second kappa shape index (κ2) is 5.05. The van der Waals surface area contributed by atoms with E-state index in [2.05, 4.69) is 15.5 Å². The van der Waals surface area contributed by atoms with Crippen molar-refractivity contribution in [3.8, 4) is 0 Å². The summed E-state index contributed by atoms with van der Waals surface area (Å²) in [7, 11) is 0. The number of carbonyl (C=O) groups is 1. The molecule has 1 aromatic heterocycles. The van der Waals surface area contributed by atoms with Crippen molar-refractivity contribution in [1.29, 1.82) is 0 Å². The molecule has 0 atom stereocenters. The van der Waals surface area contributed by atoms with Gasteiger partial charge in [-0.15, -0.1) is 0 Å². The highest BCUT2D eigenvalue weighted by molar-refractivity contribution is 5.98. The lowest BCUT2D eigenvalue weighted by molar-refractivity contribution is 0.100. The first kappa shape index (κ1) is 12.2. The van der Waals surface area contributed by atoms with Crippen molar-refractivity contribution in [3.63, 3.8) is 0 Å². The summed E-state index contributed by atoms with van der Waals surface area (Å²) in [6.45, 7) is 0.610. The fourth-order valence-corrected chi connectivity index (χ4v) is 2.14. The normalized spacial score (nSPS) is 10.6. The Morgan fingerprint density at radius 2 is 2.10 bits per heavy atom. The van der Waals surface area contributed by atoms with Crippen LogP contribution in [0.5, 0.6) is 0 Å². The van der Waals surface area contributed by atoms with Crippen molar-refractivity contribution >= 4 is 22.5 Å². The van der Waals surface area contributed by atoms with Crippen LogP contribution in [0.15, 0.2) is 48.7 Å². The number of benzene rings is 2. The van der Waals surface area contributed by atoms with E-state index in [1.807, 2.05) is 30.3 Å². The Labute approximate surface area is 115 Å².